The van der Waals surface area contributed by atoms with E-state index in [0.717, 1.165) is 22.0 Å². The van der Waals surface area contributed by atoms with Gasteiger partial charge < -0.3 is 14.5 Å². The fraction of sp³-hybridized carbons (Fsp3) is 0.433. The number of esters is 1. The maximum absolute atomic E-state index is 14.0. The van der Waals surface area contributed by atoms with E-state index < -0.39 is 11.5 Å². The second-order valence-electron chi connectivity index (χ2n) is 10.7. The minimum Gasteiger partial charge on any atom is -0.465 e. The van der Waals surface area contributed by atoms with Gasteiger partial charge in [0.1, 0.15) is 17.0 Å². The number of aliphatic imine (C=N–C) groups is 1. The summed E-state index contributed by atoms with van der Waals surface area (Å²) in [5, 5.41) is 2.08. The number of nitrogens with zero attached hydrogens (tertiary/aromatic N) is 3. The third kappa shape index (κ3) is 6.01. The molecular formula is C30H35Cl2N3O3S. The van der Waals surface area contributed by atoms with E-state index in [1.807, 2.05) is 62.4 Å². The number of ether oxygens (including phenoxy) is 1. The molecule has 2 atom stereocenters. The van der Waals surface area contributed by atoms with Crippen molar-refractivity contribution < 1.29 is 14.3 Å². The maximum atomic E-state index is 14.0. The first kappa shape index (κ1) is 29.5. The van der Waals surface area contributed by atoms with Crippen LogP contribution in [0.3, 0.4) is 0 Å². The Hall–Kier alpha value is -2.48. The summed E-state index contributed by atoms with van der Waals surface area (Å²) in [4.78, 5) is 36.1. The normalized spacial score (nSPS) is 20.5. The third-order valence-electron chi connectivity index (χ3n) is 6.86. The molecule has 2 heterocycles. The van der Waals surface area contributed by atoms with Crippen molar-refractivity contribution in [3.63, 3.8) is 0 Å². The first-order valence-electron chi connectivity index (χ1n) is 13.2. The van der Waals surface area contributed by atoms with Crippen LogP contribution in [-0.4, -0.2) is 46.5 Å². The molecule has 0 N–H and O–H groups in total. The van der Waals surface area contributed by atoms with E-state index in [9.17, 15) is 9.59 Å². The SMILES string of the molecule is CCOC(=O)CN(CC(C)C)C(=O)C1=C(C(C)C)N2C(=N[C@@](C)(c3ccc(Cl)cc3)[C@H]2c2ccc(Cl)cc2)S1. The Morgan fingerprint density at radius 3 is 2.18 bits per heavy atom. The van der Waals surface area contributed by atoms with Crippen LogP contribution in [0, 0.1) is 11.8 Å². The Morgan fingerprint density at radius 2 is 1.64 bits per heavy atom. The number of hydrogen-bond acceptors (Lipinski definition) is 6. The molecule has 0 aliphatic carbocycles. The van der Waals surface area contributed by atoms with Crippen LogP contribution in [0.25, 0.3) is 0 Å². The summed E-state index contributed by atoms with van der Waals surface area (Å²) in [5.41, 5.74) is 2.32. The predicted octanol–water partition coefficient (Wildman–Crippen LogP) is 7.28. The van der Waals surface area contributed by atoms with Crippen LogP contribution in [0.1, 0.15) is 58.7 Å². The van der Waals surface area contributed by atoms with E-state index in [-0.39, 0.29) is 36.9 Å². The number of halogens is 2. The van der Waals surface area contributed by atoms with Crippen LogP contribution < -0.4 is 0 Å². The number of benzene rings is 2. The lowest BCUT2D eigenvalue weighted by atomic mass is 9.81. The molecule has 39 heavy (non-hydrogen) atoms. The lowest BCUT2D eigenvalue weighted by molar-refractivity contribution is -0.148. The fourth-order valence-electron chi connectivity index (χ4n) is 5.23. The highest BCUT2D eigenvalue weighted by atomic mass is 35.5. The number of rotatable bonds is 9. The van der Waals surface area contributed by atoms with E-state index in [0.29, 0.717) is 21.5 Å². The van der Waals surface area contributed by atoms with Crippen molar-refractivity contribution in [1.29, 1.82) is 0 Å². The Balaban J connectivity index is 1.82. The average molecular weight is 589 g/mol. The first-order chi connectivity index (χ1) is 18.5. The lowest BCUT2D eigenvalue weighted by Gasteiger charge is -2.37. The monoisotopic (exact) mass is 587 g/mol. The average Bonchev–Trinajstić information content (AvgIpc) is 3.36. The highest BCUT2D eigenvalue weighted by Crippen LogP contribution is 2.56. The summed E-state index contributed by atoms with van der Waals surface area (Å²) in [7, 11) is 0. The minimum atomic E-state index is -0.641. The van der Waals surface area contributed by atoms with Crippen molar-refractivity contribution in [2.24, 2.45) is 16.8 Å². The van der Waals surface area contributed by atoms with Gasteiger partial charge >= 0.3 is 5.97 Å². The number of amides is 1. The molecule has 4 rings (SSSR count). The van der Waals surface area contributed by atoms with E-state index in [4.69, 9.17) is 32.9 Å². The Kier molecular flexibility index (Phi) is 9.04. The summed E-state index contributed by atoms with van der Waals surface area (Å²) in [6.45, 7) is 12.7. The molecule has 0 fully saturated rings. The molecule has 0 saturated carbocycles. The summed E-state index contributed by atoms with van der Waals surface area (Å²) in [6.07, 6.45) is 0. The standard InChI is InChI=1S/C30H35Cl2N3O3S/c1-7-38-24(36)17-34(16-18(2)3)28(37)26-25(19(4)5)35-27(20-8-12-22(31)13-9-20)30(6,33-29(35)39-26)21-10-14-23(32)15-11-21/h8-15,18-19,27H,7,16-17H2,1-6H3/t27-,30+/m1/s1. The molecule has 2 aliphatic rings. The number of fused-ring (bicyclic) bond motifs is 1. The molecule has 9 heteroatoms. The molecule has 6 nitrogen and oxygen atoms in total. The first-order valence-corrected chi connectivity index (χ1v) is 14.8. The van der Waals surface area contributed by atoms with Crippen molar-refractivity contribution in [1.82, 2.24) is 9.80 Å². The van der Waals surface area contributed by atoms with E-state index in [1.54, 1.807) is 11.8 Å². The Morgan fingerprint density at radius 1 is 1.05 bits per heavy atom. The van der Waals surface area contributed by atoms with Crippen molar-refractivity contribution in [3.05, 3.63) is 80.3 Å². The van der Waals surface area contributed by atoms with Crippen LogP contribution in [0.5, 0.6) is 0 Å². The largest absolute Gasteiger partial charge is 0.465 e. The summed E-state index contributed by atoms with van der Waals surface area (Å²) in [6, 6.07) is 15.4. The molecule has 0 aromatic heterocycles. The van der Waals surface area contributed by atoms with Crippen molar-refractivity contribution in [2.45, 2.75) is 53.1 Å². The van der Waals surface area contributed by atoms with Gasteiger partial charge in [0.25, 0.3) is 5.91 Å². The molecule has 0 saturated heterocycles. The fourth-order valence-corrected chi connectivity index (χ4v) is 6.86. The van der Waals surface area contributed by atoms with Gasteiger partial charge in [-0.2, -0.15) is 0 Å². The number of hydrogen-bond donors (Lipinski definition) is 0. The molecular weight excluding hydrogens is 553 g/mol. The molecule has 0 spiro atoms. The van der Waals surface area contributed by atoms with Crippen LogP contribution in [0.15, 0.2) is 64.1 Å². The molecule has 0 radical (unpaired) electrons. The van der Waals surface area contributed by atoms with Gasteiger partial charge in [0.05, 0.1) is 12.6 Å². The Bertz CT molecular complexity index is 1290. The second kappa shape index (κ2) is 11.9. The zero-order valence-electron chi connectivity index (χ0n) is 23.2. The quantitative estimate of drug-likeness (QED) is 0.288. The van der Waals surface area contributed by atoms with Crippen LogP contribution in [0.4, 0.5) is 0 Å². The molecule has 208 valence electrons. The molecule has 1 amide bonds. The van der Waals surface area contributed by atoms with Crippen LogP contribution in [0.2, 0.25) is 10.0 Å². The van der Waals surface area contributed by atoms with E-state index >= 15 is 0 Å². The van der Waals surface area contributed by atoms with Crippen LogP contribution in [-0.2, 0) is 19.9 Å². The lowest BCUT2D eigenvalue weighted by Crippen LogP contribution is -2.40. The van der Waals surface area contributed by atoms with Gasteiger partial charge in [0, 0.05) is 22.3 Å². The van der Waals surface area contributed by atoms with E-state index in [1.165, 1.54) is 11.8 Å². The van der Waals surface area contributed by atoms with Gasteiger partial charge in [-0.05, 0) is 72.8 Å². The van der Waals surface area contributed by atoms with Crippen molar-refractivity contribution in [2.75, 3.05) is 19.7 Å². The van der Waals surface area contributed by atoms with Gasteiger partial charge in [-0.25, -0.2) is 4.99 Å². The highest BCUT2D eigenvalue weighted by Gasteiger charge is 2.53. The van der Waals surface area contributed by atoms with Gasteiger partial charge in [-0.3, -0.25) is 9.59 Å². The zero-order chi connectivity index (χ0) is 28.5. The molecule has 2 aliphatic heterocycles. The van der Waals surface area contributed by atoms with Gasteiger partial charge in [-0.1, -0.05) is 75.2 Å². The third-order valence-corrected chi connectivity index (χ3v) is 8.43. The predicted molar refractivity (Wildman–Crippen MR) is 160 cm³/mol. The van der Waals surface area contributed by atoms with E-state index in [2.05, 4.69) is 25.7 Å². The summed E-state index contributed by atoms with van der Waals surface area (Å²) < 4.78 is 5.17. The van der Waals surface area contributed by atoms with Crippen LogP contribution >= 0.6 is 35.0 Å². The smallest absolute Gasteiger partial charge is 0.325 e. The number of thioether (sulfide) groups is 1. The van der Waals surface area contributed by atoms with Crippen molar-refractivity contribution in [3.8, 4) is 0 Å². The van der Waals surface area contributed by atoms with Crippen molar-refractivity contribution >= 4 is 52.0 Å². The molecule has 2 aromatic carbocycles. The maximum Gasteiger partial charge on any atom is 0.325 e. The highest BCUT2D eigenvalue weighted by molar-refractivity contribution is 8.18. The topological polar surface area (TPSA) is 62.2 Å². The number of carbonyl (C=O) groups excluding carboxylic acids is 2. The van der Waals surface area contributed by atoms with Gasteiger partial charge in [0.15, 0.2) is 5.17 Å². The molecule has 2 aromatic rings. The Labute approximate surface area is 245 Å². The number of amidine groups is 1. The summed E-state index contributed by atoms with van der Waals surface area (Å²) >= 11 is 13.9. The number of allylic oxidation sites excluding steroid dienone is 1. The molecule has 0 bridgehead atoms. The van der Waals surface area contributed by atoms with Gasteiger partial charge in [0.2, 0.25) is 0 Å². The minimum absolute atomic E-state index is 0.0232. The second-order valence-corrected chi connectivity index (χ2v) is 12.6. The summed E-state index contributed by atoms with van der Waals surface area (Å²) in [5.74, 6) is -0.376. The number of carbonyl (C=O) groups is 2. The van der Waals surface area contributed by atoms with Gasteiger partial charge in [-0.15, -0.1) is 0 Å². The molecule has 0 unspecified atom stereocenters. The zero-order valence-corrected chi connectivity index (χ0v) is 25.5.